The Labute approximate surface area is 166 Å². The van der Waals surface area contributed by atoms with Crippen LogP contribution in [0.25, 0.3) is 5.69 Å². The quantitative estimate of drug-likeness (QED) is 0.683. The summed E-state index contributed by atoms with van der Waals surface area (Å²) < 4.78 is 7.65. The topological polar surface area (TPSA) is 57.7 Å². The van der Waals surface area contributed by atoms with Crippen molar-refractivity contribution in [2.75, 3.05) is 26.2 Å². The van der Waals surface area contributed by atoms with E-state index in [0.717, 1.165) is 56.4 Å². The molecule has 148 valence electrons. The van der Waals surface area contributed by atoms with Crippen molar-refractivity contribution in [1.82, 2.24) is 19.6 Å². The normalized spacial score (nSPS) is 18.6. The van der Waals surface area contributed by atoms with Gasteiger partial charge >= 0.3 is 0 Å². The van der Waals surface area contributed by atoms with E-state index in [4.69, 9.17) is 4.42 Å². The average molecular weight is 380 g/mol. The van der Waals surface area contributed by atoms with E-state index in [9.17, 15) is 5.11 Å². The molecule has 4 rings (SSSR count). The van der Waals surface area contributed by atoms with Crippen molar-refractivity contribution in [1.29, 1.82) is 0 Å². The molecule has 3 heterocycles. The first-order valence-electron chi connectivity index (χ1n) is 9.93. The van der Waals surface area contributed by atoms with Crippen LogP contribution < -0.4 is 0 Å². The van der Waals surface area contributed by atoms with Gasteiger partial charge in [0, 0.05) is 51.2 Å². The molecule has 2 aromatic heterocycles. The second kappa shape index (κ2) is 8.73. The number of nitrogens with zero attached hydrogens (tertiary/aromatic N) is 4. The highest BCUT2D eigenvalue weighted by molar-refractivity contribution is 5.35. The van der Waals surface area contributed by atoms with Crippen molar-refractivity contribution in [2.45, 2.75) is 32.5 Å². The van der Waals surface area contributed by atoms with Gasteiger partial charge in [0.05, 0.1) is 12.2 Å². The number of aliphatic hydroxyl groups excluding tert-OH is 1. The predicted molar refractivity (Wildman–Crippen MR) is 108 cm³/mol. The molecule has 1 N–H and O–H groups in total. The van der Waals surface area contributed by atoms with Gasteiger partial charge in [-0.15, -0.1) is 0 Å². The van der Waals surface area contributed by atoms with E-state index >= 15 is 0 Å². The molecule has 1 fully saturated rings. The summed E-state index contributed by atoms with van der Waals surface area (Å²) in [6.07, 6.45) is 4.54. The van der Waals surface area contributed by atoms with Gasteiger partial charge in [0.2, 0.25) is 0 Å². The summed E-state index contributed by atoms with van der Waals surface area (Å²) in [6.45, 7) is 6.83. The summed E-state index contributed by atoms with van der Waals surface area (Å²) in [6, 6.07) is 14.9. The summed E-state index contributed by atoms with van der Waals surface area (Å²) in [5.41, 5.74) is 2.37. The van der Waals surface area contributed by atoms with Crippen molar-refractivity contribution in [2.24, 2.45) is 0 Å². The Morgan fingerprint density at radius 2 is 2.07 bits per heavy atom. The van der Waals surface area contributed by atoms with Crippen molar-refractivity contribution >= 4 is 0 Å². The van der Waals surface area contributed by atoms with Gasteiger partial charge in [0.1, 0.15) is 11.5 Å². The van der Waals surface area contributed by atoms with Crippen LogP contribution in [0.15, 0.2) is 59.3 Å². The Balaban J connectivity index is 1.41. The second-order valence-corrected chi connectivity index (χ2v) is 7.50. The average Bonchev–Trinajstić information content (AvgIpc) is 3.36. The van der Waals surface area contributed by atoms with E-state index in [0.29, 0.717) is 6.04 Å². The van der Waals surface area contributed by atoms with E-state index in [2.05, 4.69) is 45.2 Å². The van der Waals surface area contributed by atoms with E-state index in [-0.39, 0.29) is 6.61 Å². The Hall–Kier alpha value is -2.41. The van der Waals surface area contributed by atoms with Gasteiger partial charge in [0.25, 0.3) is 0 Å². The van der Waals surface area contributed by atoms with Gasteiger partial charge in [-0.3, -0.25) is 9.80 Å². The van der Waals surface area contributed by atoms with Gasteiger partial charge in [0.15, 0.2) is 0 Å². The first-order chi connectivity index (χ1) is 13.7. The zero-order valence-corrected chi connectivity index (χ0v) is 16.4. The molecule has 28 heavy (non-hydrogen) atoms. The number of aliphatic hydroxyl groups is 1. The summed E-state index contributed by atoms with van der Waals surface area (Å²) in [7, 11) is 0. The van der Waals surface area contributed by atoms with Crippen LogP contribution in [0.5, 0.6) is 0 Å². The lowest BCUT2D eigenvalue weighted by atomic mass is 10.1. The molecule has 1 saturated heterocycles. The number of hydrogen-bond donors (Lipinski definition) is 1. The fraction of sp³-hybridized carbons (Fsp3) is 0.409. The van der Waals surface area contributed by atoms with E-state index in [1.54, 1.807) is 6.20 Å². The third-order valence-electron chi connectivity index (χ3n) is 5.39. The lowest BCUT2D eigenvalue weighted by Crippen LogP contribution is -2.52. The molecule has 0 radical (unpaired) electrons. The lowest BCUT2D eigenvalue weighted by molar-refractivity contribution is 0.0454. The van der Waals surface area contributed by atoms with Crippen molar-refractivity contribution in [3.05, 3.63) is 71.9 Å². The zero-order valence-electron chi connectivity index (χ0n) is 16.4. The standard InChI is InChI=1S/C22H28N4O2/c1-18-6-7-22(28-18)17-25-12-11-24(16-21(25)8-13-27)15-19-4-2-5-20(14-19)26-10-3-9-23-26/h2-7,9-10,14,21,27H,8,11-13,15-17H2,1H3/t21-/m0/s1. The maximum atomic E-state index is 9.55. The molecule has 0 spiro atoms. The van der Waals surface area contributed by atoms with Crippen LogP contribution in [-0.4, -0.2) is 57.0 Å². The number of hydrogen-bond acceptors (Lipinski definition) is 5. The van der Waals surface area contributed by atoms with Gasteiger partial charge in [-0.2, -0.15) is 5.10 Å². The molecule has 1 atom stereocenters. The maximum absolute atomic E-state index is 9.55. The SMILES string of the molecule is Cc1ccc(CN2CCN(Cc3cccc(-n4cccn4)c3)C[C@@H]2CCO)o1. The highest BCUT2D eigenvalue weighted by Crippen LogP contribution is 2.20. The molecule has 1 aromatic carbocycles. The number of furan rings is 1. The molecule has 0 aliphatic carbocycles. The van der Waals surface area contributed by atoms with Crippen LogP contribution >= 0.6 is 0 Å². The third-order valence-corrected chi connectivity index (χ3v) is 5.39. The van der Waals surface area contributed by atoms with E-state index in [1.807, 2.05) is 29.9 Å². The lowest BCUT2D eigenvalue weighted by Gasteiger charge is -2.41. The smallest absolute Gasteiger partial charge is 0.118 e. The summed E-state index contributed by atoms with van der Waals surface area (Å²) in [4.78, 5) is 4.91. The minimum absolute atomic E-state index is 0.209. The number of aryl methyl sites for hydroxylation is 1. The van der Waals surface area contributed by atoms with E-state index < -0.39 is 0 Å². The first-order valence-corrected chi connectivity index (χ1v) is 9.93. The monoisotopic (exact) mass is 380 g/mol. The van der Waals surface area contributed by atoms with Crippen LogP contribution in [0.2, 0.25) is 0 Å². The fourth-order valence-electron chi connectivity index (χ4n) is 3.98. The fourth-order valence-corrected chi connectivity index (χ4v) is 3.98. The van der Waals surface area contributed by atoms with Gasteiger partial charge in [-0.25, -0.2) is 4.68 Å². The van der Waals surface area contributed by atoms with Crippen molar-refractivity contribution < 1.29 is 9.52 Å². The summed E-state index contributed by atoms with van der Waals surface area (Å²) >= 11 is 0. The van der Waals surface area contributed by atoms with Crippen LogP contribution in [0.1, 0.15) is 23.5 Å². The Kier molecular flexibility index (Phi) is 5.90. The minimum Gasteiger partial charge on any atom is -0.465 e. The molecular formula is C22H28N4O2. The van der Waals surface area contributed by atoms with Crippen molar-refractivity contribution in [3.63, 3.8) is 0 Å². The van der Waals surface area contributed by atoms with Crippen LogP contribution in [0, 0.1) is 6.92 Å². The number of rotatable bonds is 7. The molecule has 0 bridgehead atoms. The van der Waals surface area contributed by atoms with Crippen molar-refractivity contribution in [3.8, 4) is 5.69 Å². The molecule has 6 nitrogen and oxygen atoms in total. The van der Waals surface area contributed by atoms with Gasteiger partial charge in [-0.1, -0.05) is 12.1 Å². The molecule has 1 aliphatic heterocycles. The minimum atomic E-state index is 0.209. The Bertz CT molecular complexity index is 874. The molecule has 6 heteroatoms. The molecule has 0 saturated carbocycles. The molecule has 0 amide bonds. The zero-order chi connectivity index (χ0) is 19.3. The highest BCUT2D eigenvalue weighted by Gasteiger charge is 2.27. The Morgan fingerprint density at radius 3 is 2.82 bits per heavy atom. The van der Waals surface area contributed by atoms with Gasteiger partial charge < -0.3 is 9.52 Å². The molecule has 1 aliphatic rings. The number of aromatic nitrogens is 2. The van der Waals surface area contributed by atoms with Crippen LogP contribution in [0.4, 0.5) is 0 Å². The summed E-state index contributed by atoms with van der Waals surface area (Å²) in [5.74, 6) is 1.95. The largest absolute Gasteiger partial charge is 0.465 e. The molecule has 0 unspecified atom stereocenters. The van der Waals surface area contributed by atoms with Crippen LogP contribution in [-0.2, 0) is 13.1 Å². The predicted octanol–water partition coefficient (Wildman–Crippen LogP) is 2.84. The maximum Gasteiger partial charge on any atom is 0.118 e. The molecular weight excluding hydrogens is 352 g/mol. The second-order valence-electron chi connectivity index (χ2n) is 7.50. The third kappa shape index (κ3) is 4.52. The van der Waals surface area contributed by atoms with E-state index in [1.165, 1.54) is 5.56 Å². The molecule has 3 aromatic rings. The number of benzene rings is 1. The number of piperazine rings is 1. The highest BCUT2D eigenvalue weighted by atomic mass is 16.3. The summed E-state index contributed by atoms with van der Waals surface area (Å²) in [5, 5.41) is 13.9. The van der Waals surface area contributed by atoms with Gasteiger partial charge in [-0.05, 0) is 49.2 Å². The van der Waals surface area contributed by atoms with Crippen LogP contribution in [0.3, 0.4) is 0 Å². The Morgan fingerprint density at radius 1 is 1.14 bits per heavy atom. The first kappa shape index (κ1) is 18.9.